The lowest BCUT2D eigenvalue weighted by Gasteiger charge is -2.42. The van der Waals surface area contributed by atoms with E-state index >= 15 is 0 Å². The molecule has 2 aliphatic rings. The van der Waals surface area contributed by atoms with Crippen LogP contribution in [0.1, 0.15) is 59.8 Å². The molecule has 0 spiro atoms. The van der Waals surface area contributed by atoms with Crippen LogP contribution in [0.4, 0.5) is 0 Å². The van der Waals surface area contributed by atoms with Crippen molar-refractivity contribution in [3.8, 4) is 0 Å². The van der Waals surface area contributed by atoms with E-state index in [-0.39, 0.29) is 11.0 Å². The van der Waals surface area contributed by atoms with Gasteiger partial charge in [-0.25, -0.2) is 0 Å². The highest BCUT2D eigenvalue weighted by atomic mass is 16.5. The van der Waals surface area contributed by atoms with Crippen LogP contribution in [0.3, 0.4) is 0 Å². The number of hydrogen-bond donors (Lipinski definition) is 0. The van der Waals surface area contributed by atoms with Crippen LogP contribution in [0.2, 0.25) is 0 Å². The van der Waals surface area contributed by atoms with Crippen molar-refractivity contribution >= 4 is 5.78 Å². The molecule has 0 saturated heterocycles. The van der Waals surface area contributed by atoms with E-state index < -0.39 is 0 Å². The monoisotopic (exact) mass is 224 g/mol. The van der Waals surface area contributed by atoms with Crippen molar-refractivity contribution in [1.29, 1.82) is 0 Å². The molecule has 0 aromatic carbocycles. The summed E-state index contributed by atoms with van der Waals surface area (Å²) >= 11 is 0. The minimum atomic E-state index is -0.0655. The Hall–Kier alpha value is -0.370. The van der Waals surface area contributed by atoms with E-state index in [1.807, 2.05) is 0 Å². The molecule has 2 nitrogen and oxygen atoms in total. The molecule has 92 valence electrons. The van der Waals surface area contributed by atoms with Gasteiger partial charge in [0.1, 0.15) is 5.78 Å². The third-order valence-electron chi connectivity index (χ3n) is 4.36. The summed E-state index contributed by atoms with van der Waals surface area (Å²) in [5.41, 5.74) is 0.186. The van der Waals surface area contributed by atoms with Crippen LogP contribution in [0.15, 0.2) is 0 Å². The molecule has 1 unspecified atom stereocenters. The molecule has 0 heterocycles. The molecule has 3 atom stereocenters. The first-order chi connectivity index (χ1) is 7.31. The molecule has 2 fully saturated rings. The summed E-state index contributed by atoms with van der Waals surface area (Å²) in [5, 5.41) is 0. The Morgan fingerprint density at radius 2 is 2.00 bits per heavy atom. The summed E-state index contributed by atoms with van der Waals surface area (Å²) in [6.45, 7) is 8.69. The van der Waals surface area contributed by atoms with Crippen molar-refractivity contribution in [3.05, 3.63) is 0 Å². The fourth-order valence-corrected chi connectivity index (χ4v) is 3.38. The lowest BCUT2D eigenvalue weighted by molar-refractivity contribution is -0.135. The molecule has 0 amide bonds. The minimum Gasteiger partial charge on any atom is -0.372 e. The molecule has 0 aromatic rings. The van der Waals surface area contributed by atoms with Crippen molar-refractivity contribution < 1.29 is 9.53 Å². The number of ether oxygens (including phenoxy) is 1. The second kappa shape index (κ2) is 3.83. The van der Waals surface area contributed by atoms with Gasteiger partial charge >= 0.3 is 0 Å². The van der Waals surface area contributed by atoms with Crippen molar-refractivity contribution in [2.24, 2.45) is 11.3 Å². The first-order valence-electron chi connectivity index (χ1n) is 6.51. The van der Waals surface area contributed by atoms with E-state index in [0.717, 1.165) is 25.7 Å². The highest BCUT2D eigenvalue weighted by molar-refractivity contribution is 5.79. The first-order valence-corrected chi connectivity index (χ1v) is 6.51. The van der Waals surface area contributed by atoms with Crippen LogP contribution in [0.5, 0.6) is 0 Å². The summed E-state index contributed by atoms with van der Waals surface area (Å²) in [7, 11) is 0. The second-order valence-electron chi connectivity index (χ2n) is 6.74. The molecular weight excluding hydrogens is 200 g/mol. The standard InChI is InChI=1S/C14H24O2/c1-13(2,3)16-12-6-5-10-9-11(15)7-8-14(10,12)4/h10,12H,5-9H2,1-4H3/t10-,12-,14?/m1/s1. The molecule has 2 heteroatoms. The Bertz CT molecular complexity index is 290. The van der Waals surface area contributed by atoms with Gasteiger partial charge in [-0.05, 0) is 51.4 Å². The van der Waals surface area contributed by atoms with Gasteiger partial charge in [0.25, 0.3) is 0 Å². The van der Waals surface area contributed by atoms with E-state index in [1.54, 1.807) is 0 Å². The molecule has 0 N–H and O–H groups in total. The zero-order valence-corrected chi connectivity index (χ0v) is 11.0. The number of Topliss-reactive ketones (excluding diaryl/α,β-unsaturated/α-hetero) is 1. The van der Waals surface area contributed by atoms with E-state index in [9.17, 15) is 4.79 Å². The average molecular weight is 224 g/mol. The van der Waals surface area contributed by atoms with Crippen LogP contribution < -0.4 is 0 Å². The quantitative estimate of drug-likeness (QED) is 0.683. The van der Waals surface area contributed by atoms with Crippen LogP contribution in [0, 0.1) is 11.3 Å². The van der Waals surface area contributed by atoms with Crippen molar-refractivity contribution in [1.82, 2.24) is 0 Å². The largest absolute Gasteiger partial charge is 0.372 e. The third kappa shape index (κ3) is 2.17. The van der Waals surface area contributed by atoms with Crippen molar-refractivity contribution in [2.45, 2.75) is 71.5 Å². The number of carbonyl (C=O) groups is 1. The number of ketones is 1. The summed E-state index contributed by atoms with van der Waals surface area (Å²) in [6.07, 6.45) is 5.23. The number of fused-ring (bicyclic) bond motifs is 1. The smallest absolute Gasteiger partial charge is 0.133 e. The average Bonchev–Trinajstić information content (AvgIpc) is 2.43. The maximum atomic E-state index is 11.5. The highest BCUT2D eigenvalue weighted by Gasteiger charge is 2.50. The predicted molar refractivity (Wildman–Crippen MR) is 64.3 cm³/mol. The SMILES string of the molecule is CC(C)(C)O[C@@H]1CC[C@@H]2CC(=O)CCC21C. The maximum absolute atomic E-state index is 11.5. The first kappa shape index (κ1) is 12.1. The molecular formula is C14H24O2. The number of rotatable bonds is 1. The van der Waals surface area contributed by atoms with Crippen molar-refractivity contribution in [3.63, 3.8) is 0 Å². The van der Waals surface area contributed by atoms with Gasteiger partial charge in [0.05, 0.1) is 11.7 Å². The summed E-state index contributed by atoms with van der Waals surface area (Å²) < 4.78 is 6.20. The van der Waals surface area contributed by atoms with Gasteiger partial charge in [-0.15, -0.1) is 0 Å². The summed E-state index contributed by atoms with van der Waals surface area (Å²) in [6, 6.07) is 0. The van der Waals surface area contributed by atoms with Gasteiger partial charge in [0.2, 0.25) is 0 Å². The van der Waals surface area contributed by atoms with Gasteiger partial charge in [-0.3, -0.25) is 4.79 Å². The van der Waals surface area contributed by atoms with Gasteiger partial charge in [0, 0.05) is 12.8 Å². The third-order valence-corrected chi connectivity index (χ3v) is 4.36. The second-order valence-corrected chi connectivity index (χ2v) is 6.74. The fraction of sp³-hybridized carbons (Fsp3) is 0.929. The van der Waals surface area contributed by atoms with Gasteiger partial charge in [-0.1, -0.05) is 6.92 Å². The maximum Gasteiger partial charge on any atom is 0.133 e. The molecule has 0 radical (unpaired) electrons. The van der Waals surface area contributed by atoms with Gasteiger partial charge < -0.3 is 4.74 Å². The summed E-state index contributed by atoms with van der Waals surface area (Å²) in [4.78, 5) is 11.5. The Morgan fingerprint density at radius 3 is 2.62 bits per heavy atom. The zero-order chi connectivity index (χ0) is 12.0. The number of carbonyl (C=O) groups excluding carboxylic acids is 1. The molecule has 0 bridgehead atoms. The Kier molecular flexibility index (Phi) is 2.90. The zero-order valence-electron chi connectivity index (χ0n) is 11.0. The Balaban J connectivity index is 2.10. The summed E-state index contributed by atoms with van der Waals surface area (Å²) in [5.74, 6) is 1.03. The Morgan fingerprint density at radius 1 is 1.31 bits per heavy atom. The van der Waals surface area contributed by atoms with E-state index in [1.165, 1.54) is 6.42 Å². The van der Waals surface area contributed by atoms with Crippen LogP contribution >= 0.6 is 0 Å². The normalized spacial score (nSPS) is 39.9. The van der Waals surface area contributed by atoms with Gasteiger partial charge in [-0.2, -0.15) is 0 Å². The molecule has 2 aliphatic carbocycles. The highest BCUT2D eigenvalue weighted by Crippen LogP contribution is 2.53. The Labute approximate surface area is 98.7 Å². The molecule has 16 heavy (non-hydrogen) atoms. The number of hydrogen-bond acceptors (Lipinski definition) is 2. The molecule has 2 saturated carbocycles. The molecule has 2 rings (SSSR count). The fourth-order valence-electron chi connectivity index (χ4n) is 3.38. The lowest BCUT2D eigenvalue weighted by atomic mass is 9.68. The van der Waals surface area contributed by atoms with Crippen LogP contribution in [-0.2, 0) is 9.53 Å². The topological polar surface area (TPSA) is 26.3 Å². The predicted octanol–water partition coefficient (Wildman–Crippen LogP) is 3.34. The van der Waals surface area contributed by atoms with Crippen LogP contribution in [0.25, 0.3) is 0 Å². The van der Waals surface area contributed by atoms with E-state index in [0.29, 0.717) is 17.8 Å². The van der Waals surface area contributed by atoms with E-state index in [4.69, 9.17) is 4.74 Å². The van der Waals surface area contributed by atoms with Gasteiger partial charge in [0.15, 0.2) is 0 Å². The van der Waals surface area contributed by atoms with Crippen LogP contribution in [-0.4, -0.2) is 17.5 Å². The van der Waals surface area contributed by atoms with Crippen molar-refractivity contribution in [2.75, 3.05) is 0 Å². The molecule has 0 aromatic heterocycles. The minimum absolute atomic E-state index is 0.0655. The molecule has 0 aliphatic heterocycles. The lowest BCUT2D eigenvalue weighted by Crippen LogP contribution is -2.42. The van der Waals surface area contributed by atoms with E-state index in [2.05, 4.69) is 27.7 Å².